The fraction of sp³-hybridized carbons (Fsp3) is 0.364. The van der Waals surface area contributed by atoms with Gasteiger partial charge in [-0.15, -0.1) is 6.58 Å². The summed E-state index contributed by atoms with van der Waals surface area (Å²) in [6.45, 7) is 4.57. The van der Waals surface area contributed by atoms with Gasteiger partial charge in [-0.3, -0.25) is 0 Å². The van der Waals surface area contributed by atoms with E-state index < -0.39 is 0 Å². The lowest BCUT2D eigenvalue weighted by atomic mass is 10.4. The number of hydrogen-bond acceptors (Lipinski definition) is 2. The van der Waals surface area contributed by atoms with E-state index in [0.29, 0.717) is 11.1 Å². The minimum atomic E-state index is 0.592. The van der Waals surface area contributed by atoms with Crippen LogP contribution in [0.15, 0.2) is 29.4 Å². The summed E-state index contributed by atoms with van der Waals surface area (Å²) in [6.07, 6.45) is 6.11. The van der Waals surface area contributed by atoms with Gasteiger partial charge in [-0.25, -0.2) is 4.98 Å². The van der Waals surface area contributed by atoms with Gasteiger partial charge in [0.15, 0.2) is 0 Å². The topological polar surface area (TPSA) is 16.1 Å². The van der Waals surface area contributed by atoms with Gasteiger partial charge in [0.25, 0.3) is 0 Å². The Balaban J connectivity index is 2.28. The van der Waals surface area contributed by atoms with Crippen LogP contribution in [-0.4, -0.2) is 17.6 Å². The first-order valence-electron chi connectivity index (χ1n) is 4.91. The van der Waals surface area contributed by atoms with Crippen molar-refractivity contribution in [2.45, 2.75) is 18.9 Å². The summed E-state index contributed by atoms with van der Waals surface area (Å²) in [5, 5.41) is 0.693. The zero-order valence-corrected chi connectivity index (χ0v) is 10.6. The maximum absolute atomic E-state index is 6.16. The molecule has 1 fully saturated rings. The van der Waals surface area contributed by atoms with Gasteiger partial charge in [-0.05, 0) is 34.8 Å². The molecular formula is C11H12BrClN2. The van der Waals surface area contributed by atoms with Crippen LogP contribution in [0.2, 0.25) is 5.02 Å². The monoisotopic (exact) mass is 286 g/mol. The van der Waals surface area contributed by atoms with Gasteiger partial charge in [0.2, 0.25) is 0 Å². The predicted octanol–water partition coefficient (Wildman–Crippen LogP) is 3.65. The Morgan fingerprint density at radius 1 is 1.67 bits per heavy atom. The second-order valence-corrected chi connectivity index (χ2v) is 4.95. The van der Waals surface area contributed by atoms with Crippen molar-refractivity contribution in [2.24, 2.45) is 0 Å². The molecule has 0 radical (unpaired) electrons. The molecule has 1 aliphatic rings. The highest BCUT2D eigenvalue weighted by atomic mass is 79.9. The summed E-state index contributed by atoms with van der Waals surface area (Å²) in [4.78, 5) is 6.57. The maximum atomic E-state index is 6.16. The third kappa shape index (κ3) is 2.52. The fourth-order valence-corrected chi connectivity index (χ4v) is 2.29. The lowest BCUT2D eigenvalue weighted by Crippen LogP contribution is -2.26. The highest BCUT2D eigenvalue weighted by Gasteiger charge is 2.30. The molecule has 0 bridgehead atoms. The standard InChI is InChI=1S/C11H12BrClN2/c1-2-5-15(9-3-4-9)11-10(13)6-8(12)7-14-11/h2,6-7,9H,1,3-5H2. The number of aromatic nitrogens is 1. The van der Waals surface area contributed by atoms with Crippen LogP contribution in [0.4, 0.5) is 5.82 Å². The Kier molecular flexibility index (Phi) is 3.32. The molecular weight excluding hydrogens is 275 g/mol. The van der Waals surface area contributed by atoms with E-state index in [1.54, 1.807) is 6.20 Å². The lowest BCUT2D eigenvalue weighted by Gasteiger charge is -2.22. The fourth-order valence-electron chi connectivity index (χ4n) is 1.55. The Morgan fingerprint density at radius 3 is 2.93 bits per heavy atom. The average molecular weight is 288 g/mol. The minimum absolute atomic E-state index is 0.592. The van der Waals surface area contributed by atoms with Gasteiger partial charge in [0.1, 0.15) is 5.82 Å². The van der Waals surface area contributed by atoms with Crippen LogP contribution in [-0.2, 0) is 0 Å². The van der Waals surface area contributed by atoms with Crippen LogP contribution in [0.5, 0.6) is 0 Å². The Morgan fingerprint density at radius 2 is 2.40 bits per heavy atom. The molecule has 2 rings (SSSR count). The van der Waals surface area contributed by atoms with E-state index in [-0.39, 0.29) is 0 Å². The molecule has 1 heterocycles. The molecule has 0 amide bonds. The van der Waals surface area contributed by atoms with Gasteiger partial charge in [-0.1, -0.05) is 17.7 Å². The first kappa shape index (κ1) is 11.0. The quantitative estimate of drug-likeness (QED) is 0.786. The molecule has 80 valence electrons. The van der Waals surface area contributed by atoms with Crippen molar-refractivity contribution in [1.82, 2.24) is 4.98 Å². The summed E-state index contributed by atoms with van der Waals surface area (Å²) >= 11 is 9.51. The van der Waals surface area contributed by atoms with Crippen LogP contribution in [0.25, 0.3) is 0 Å². The molecule has 1 aromatic rings. The summed E-state index contributed by atoms with van der Waals surface area (Å²) < 4.78 is 0.908. The van der Waals surface area contributed by atoms with Crippen molar-refractivity contribution in [3.8, 4) is 0 Å². The van der Waals surface area contributed by atoms with Crippen molar-refractivity contribution in [3.05, 3.63) is 34.4 Å². The summed E-state index contributed by atoms with van der Waals surface area (Å²) in [5.41, 5.74) is 0. The second kappa shape index (κ2) is 4.54. The number of pyridine rings is 1. The van der Waals surface area contributed by atoms with E-state index in [2.05, 4.69) is 32.4 Å². The molecule has 1 saturated carbocycles. The van der Waals surface area contributed by atoms with Crippen molar-refractivity contribution in [3.63, 3.8) is 0 Å². The van der Waals surface area contributed by atoms with Gasteiger partial charge < -0.3 is 4.90 Å². The number of hydrogen-bond donors (Lipinski definition) is 0. The first-order valence-corrected chi connectivity index (χ1v) is 6.08. The zero-order valence-electron chi connectivity index (χ0n) is 8.29. The van der Waals surface area contributed by atoms with Crippen LogP contribution in [0, 0.1) is 0 Å². The number of rotatable bonds is 4. The number of nitrogens with zero attached hydrogens (tertiary/aromatic N) is 2. The van der Waals surface area contributed by atoms with Crippen molar-refractivity contribution in [1.29, 1.82) is 0 Å². The Hall–Kier alpha value is -0.540. The molecule has 2 nitrogen and oxygen atoms in total. The number of anilines is 1. The van der Waals surface area contributed by atoms with Gasteiger partial charge in [-0.2, -0.15) is 0 Å². The highest BCUT2D eigenvalue weighted by molar-refractivity contribution is 9.10. The van der Waals surface area contributed by atoms with Crippen LogP contribution >= 0.6 is 27.5 Å². The van der Waals surface area contributed by atoms with Crippen molar-refractivity contribution >= 4 is 33.3 Å². The molecule has 1 aromatic heterocycles. The average Bonchev–Trinajstić information content (AvgIpc) is 2.98. The summed E-state index contributed by atoms with van der Waals surface area (Å²) in [6, 6.07) is 2.47. The molecule has 0 atom stereocenters. The maximum Gasteiger partial charge on any atom is 0.147 e. The van der Waals surface area contributed by atoms with E-state index >= 15 is 0 Å². The van der Waals surface area contributed by atoms with Crippen molar-refractivity contribution in [2.75, 3.05) is 11.4 Å². The third-order valence-electron chi connectivity index (χ3n) is 2.37. The highest BCUT2D eigenvalue weighted by Crippen LogP contribution is 2.34. The molecule has 0 N–H and O–H groups in total. The molecule has 1 aliphatic carbocycles. The Labute approximate surface area is 103 Å². The second-order valence-electron chi connectivity index (χ2n) is 3.63. The molecule has 15 heavy (non-hydrogen) atoms. The van der Waals surface area contributed by atoms with E-state index in [0.717, 1.165) is 16.8 Å². The van der Waals surface area contributed by atoms with Gasteiger partial charge in [0, 0.05) is 23.3 Å². The Bertz CT molecular complexity index is 377. The number of halogens is 2. The molecule has 0 aliphatic heterocycles. The van der Waals surface area contributed by atoms with Crippen molar-refractivity contribution < 1.29 is 0 Å². The van der Waals surface area contributed by atoms with Gasteiger partial charge in [0.05, 0.1) is 5.02 Å². The molecule has 0 saturated heterocycles. The van der Waals surface area contributed by atoms with E-state index in [9.17, 15) is 0 Å². The summed E-state index contributed by atoms with van der Waals surface area (Å²) in [5.74, 6) is 0.863. The van der Waals surface area contributed by atoms with E-state index in [4.69, 9.17) is 11.6 Å². The molecule has 0 unspecified atom stereocenters. The molecule has 0 spiro atoms. The molecule has 4 heteroatoms. The largest absolute Gasteiger partial charge is 0.349 e. The first-order chi connectivity index (χ1) is 7.22. The van der Waals surface area contributed by atoms with Crippen LogP contribution in [0.1, 0.15) is 12.8 Å². The smallest absolute Gasteiger partial charge is 0.147 e. The normalized spacial score (nSPS) is 15.1. The minimum Gasteiger partial charge on any atom is -0.349 e. The third-order valence-corrected chi connectivity index (χ3v) is 3.09. The molecule has 0 aromatic carbocycles. The predicted molar refractivity (Wildman–Crippen MR) is 67.5 cm³/mol. The van der Waals surface area contributed by atoms with E-state index in [1.165, 1.54) is 12.8 Å². The summed E-state index contributed by atoms with van der Waals surface area (Å²) in [7, 11) is 0. The van der Waals surface area contributed by atoms with Crippen LogP contribution < -0.4 is 4.90 Å². The van der Waals surface area contributed by atoms with E-state index in [1.807, 2.05) is 12.1 Å². The SMILES string of the molecule is C=CCN(c1ncc(Br)cc1Cl)C1CC1. The zero-order chi connectivity index (χ0) is 10.8. The lowest BCUT2D eigenvalue weighted by molar-refractivity contribution is 0.841. The van der Waals surface area contributed by atoms with Gasteiger partial charge >= 0.3 is 0 Å². The van der Waals surface area contributed by atoms with Crippen LogP contribution in [0.3, 0.4) is 0 Å².